The van der Waals surface area contributed by atoms with Crippen molar-refractivity contribution in [3.8, 4) is 0 Å². The molecule has 0 amide bonds. The summed E-state index contributed by atoms with van der Waals surface area (Å²) in [6.07, 6.45) is 6.03. The van der Waals surface area contributed by atoms with Crippen LogP contribution in [0.25, 0.3) is 0 Å². The van der Waals surface area contributed by atoms with Crippen LogP contribution < -0.4 is 0 Å². The van der Waals surface area contributed by atoms with Crippen molar-refractivity contribution in [3.63, 3.8) is 0 Å². The van der Waals surface area contributed by atoms with Gasteiger partial charge in [0, 0.05) is 0 Å². The highest BCUT2D eigenvalue weighted by atomic mass is 14.5. The van der Waals surface area contributed by atoms with Gasteiger partial charge in [-0.3, -0.25) is 0 Å². The largest absolute Gasteiger partial charge is 0.0673 e. The summed E-state index contributed by atoms with van der Waals surface area (Å²) in [5, 5.41) is 0. The Labute approximate surface area is 49.6 Å². The van der Waals surface area contributed by atoms with E-state index in [9.17, 15) is 0 Å². The van der Waals surface area contributed by atoms with Crippen molar-refractivity contribution in [2.75, 3.05) is 0 Å². The van der Waals surface area contributed by atoms with Crippen LogP contribution in [0.5, 0.6) is 0 Å². The van der Waals surface area contributed by atoms with E-state index in [4.69, 9.17) is 0 Å². The summed E-state index contributed by atoms with van der Waals surface area (Å²) in [5.41, 5.74) is 3.77. The fourth-order valence-corrected chi connectivity index (χ4v) is 2.53. The predicted octanol–water partition coefficient (Wildman–Crippen LogP) is 2.12. The molecule has 1 fully saturated rings. The molecule has 0 radical (unpaired) electrons. The van der Waals surface area contributed by atoms with Gasteiger partial charge in [-0.2, -0.15) is 0 Å². The first kappa shape index (κ1) is 3.71. The zero-order valence-corrected chi connectivity index (χ0v) is 4.98. The van der Waals surface area contributed by atoms with Crippen LogP contribution in [0.4, 0.5) is 0 Å². The van der Waals surface area contributed by atoms with Crippen LogP contribution in [0, 0.1) is 11.8 Å². The zero-order valence-electron chi connectivity index (χ0n) is 4.98. The second-order valence-corrected chi connectivity index (χ2v) is 3.42. The first-order chi connectivity index (χ1) is 3.95. The van der Waals surface area contributed by atoms with Gasteiger partial charge in [-0.05, 0) is 37.5 Å². The summed E-state index contributed by atoms with van der Waals surface area (Å²) in [7, 11) is 0. The highest BCUT2D eigenvalue weighted by Gasteiger charge is 2.46. The Hall–Kier alpha value is -0.260. The molecule has 0 unspecified atom stereocenters. The van der Waals surface area contributed by atoms with E-state index in [1.807, 2.05) is 11.1 Å². The maximum absolute atomic E-state index is 1.88. The lowest BCUT2D eigenvalue weighted by molar-refractivity contribution is 0.322. The van der Waals surface area contributed by atoms with Crippen LogP contribution in [-0.2, 0) is 0 Å². The van der Waals surface area contributed by atoms with Gasteiger partial charge in [0.1, 0.15) is 0 Å². The lowest BCUT2D eigenvalue weighted by Gasteiger charge is -2.23. The smallest absolute Gasteiger partial charge is 0.0189 e. The Bertz CT molecular complexity index is 152. The molecule has 4 aliphatic carbocycles. The molecule has 42 valence electrons. The van der Waals surface area contributed by atoms with Gasteiger partial charge >= 0.3 is 0 Å². The molecule has 0 aromatic carbocycles. The topological polar surface area (TPSA) is 0 Å². The first-order valence-electron chi connectivity index (χ1n) is 3.67. The molecule has 0 nitrogen and oxygen atoms in total. The molecular weight excluding hydrogens is 96.1 g/mol. The Morgan fingerprint density at radius 2 is 1.38 bits per heavy atom. The Balaban J connectivity index is 2.17. The molecule has 0 N–H and O–H groups in total. The Kier molecular flexibility index (Phi) is 0.415. The van der Waals surface area contributed by atoms with E-state index in [0.717, 1.165) is 11.8 Å². The molecule has 0 aromatic rings. The summed E-state index contributed by atoms with van der Waals surface area (Å²) in [6.45, 7) is 0. The van der Waals surface area contributed by atoms with E-state index in [1.54, 1.807) is 12.8 Å². The van der Waals surface area contributed by atoms with Crippen molar-refractivity contribution in [2.24, 2.45) is 11.8 Å². The van der Waals surface area contributed by atoms with E-state index in [1.165, 1.54) is 12.8 Å². The van der Waals surface area contributed by atoms with Crippen molar-refractivity contribution in [1.29, 1.82) is 0 Å². The van der Waals surface area contributed by atoms with E-state index < -0.39 is 0 Å². The lowest BCUT2D eigenvalue weighted by Crippen LogP contribution is -2.13. The van der Waals surface area contributed by atoms with Gasteiger partial charge in [-0.25, -0.2) is 0 Å². The van der Waals surface area contributed by atoms with Crippen molar-refractivity contribution >= 4 is 0 Å². The maximum atomic E-state index is 1.88. The average Bonchev–Trinajstić information content (AvgIpc) is 1.82. The van der Waals surface area contributed by atoms with E-state index in [2.05, 4.69) is 0 Å². The average molecular weight is 106 g/mol. The second-order valence-electron chi connectivity index (χ2n) is 3.42. The van der Waals surface area contributed by atoms with Gasteiger partial charge in [0.25, 0.3) is 0 Å². The van der Waals surface area contributed by atoms with Crippen LogP contribution >= 0.6 is 0 Å². The number of hydrogen-bond acceptors (Lipinski definition) is 0. The molecule has 1 saturated carbocycles. The van der Waals surface area contributed by atoms with Gasteiger partial charge in [0.2, 0.25) is 0 Å². The third kappa shape index (κ3) is 0.211. The molecule has 0 heteroatoms. The molecule has 0 saturated heterocycles. The predicted molar refractivity (Wildman–Crippen MR) is 32.5 cm³/mol. The number of allylic oxidation sites excluding steroid dienone is 2. The Morgan fingerprint density at radius 3 is 1.62 bits per heavy atom. The second kappa shape index (κ2) is 0.896. The molecule has 4 rings (SSSR count). The minimum absolute atomic E-state index is 1.10. The fraction of sp³-hybridized carbons (Fsp3) is 0.750. The van der Waals surface area contributed by atoms with Gasteiger partial charge < -0.3 is 0 Å². The summed E-state index contributed by atoms with van der Waals surface area (Å²) < 4.78 is 0. The van der Waals surface area contributed by atoms with E-state index in [0.29, 0.717) is 0 Å². The molecule has 8 heavy (non-hydrogen) atoms. The van der Waals surface area contributed by atoms with Crippen molar-refractivity contribution in [1.82, 2.24) is 0 Å². The lowest BCUT2D eigenvalue weighted by atomic mass is 9.81. The monoisotopic (exact) mass is 106 g/mol. The third-order valence-electron chi connectivity index (χ3n) is 3.20. The van der Waals surface area contributed by atoms with Crippen LogP contribution in [-0.4, -0.2) is 0 Å². The minimum atomic E-state index is 1.10. The minimum Gasteiger partial charge on any atom is -0.0673 e. The van der Waals surface area contributed by atoms with Crippen LogP contribution in [0.3, 0.4) is 0 Å². The van der Waals surface area contributed by atoms with Gasteiger partial charge in [-0.1, -0.05) is 11.1 Å². The van der Waals surface area contributed by atoms with Crippen LogP contribution in [0.15, 0.2) is 11.1 Å². The van der Waals surface area contributed by atoms with Crippen molar-refractivity contribution in [2.45, 2.75) is 25.7 Å². The van der Waals surface area contributed by atoms with Crippen molar-refractivity contribution < 1.29 is 0 Å². The number of hydrogen-bond donors (Lipinski definition) is 0. The SMILES string of the molecule is C1CC2=C1C1CC2C1. The molecule has 4 aliphatic rings. The highest BCUT2D eigenvalue weighted by Crippen LogP contribution is 2.60. The standard InChI is InChI=1S/C8H10/c1-2-8-6-3-5(4-6)7(1)8/h5-6H,1-4H2. The molecule has 0 atom stereocenters. The number of rotatable bonds is 0. The molecule has 0 spiro atoms. The van der Waals surface area contributed by atoms with Gasteiger partial charge in [0.15, 0.2) is 0 Å². The molecule has 0 aromatic heterocycles. The molecule has 2 bridgehead atoms. The summed E-state index contributed by atoms with van der Waals surface area (Å²) in [6, 6.07) is 0. The van der Waals surface area contributed by atoms with E-state index in [-0.39, 0.29) is 0 Å². The Morgan fingerprint density at radius 1 is 0.875 bits per heavy atom. The summed E-state index contributed by atoms with van der Waals surface area (Å²) in [5.74, 6) is 2.20. The summed E-state index contributed by atoms with van der Waals surface area (Å²) in [4.78, 5) is 0. The fourth-order valence-electron chi connectivity index (χ4n) is 2.53. The van der Waals surface area contributed by atoms with Crippen LogP contribution in [0.1, 0.15) is 25.7 Å². The molecule has 0 heterocycles. The molecular formula is C8H10. The first-order valence-corrected chi connectivity index (χ1v) is 3.67. The normalized spacial score (nSPS) is 48.0. The third-order valence-corrected chi connectivity index (χ3v) is 3.20. The summed E-state index contributed by atoms with van der Waals surface area (Å²) >= 11 is 0. The zero-order chi connectivity index (χ0) is 5.14. The van der Waals surface area contributed by atoms with E-state index >= 15 is 0 Å². The van der Waals surface area contributed by atoms with Crippen LogP contribution in [0.2, 0.25) is 0 Å². The van der Waals surface area contributed by atoms with Crippen molar-refractivity contribution in [3.05, 3.63) is 11.1 Å². The quantitative estimate of drug-likeness (QED) is 0.415. The molecule has 0 aliphatic heterocycles. The maximum Gasteiger partial charge on any atom is -0.0189 e. The highest BCUT2D eigenvalue weighted by molar-refractivity contribution is 5.39. The van der Waals surface area contributed by atoms with Gasteiger partial charge in [0.05, 0.1) is 0 Å². The van der Waals surface area contributed by atoms with Gasteiger partial charge in [-0.15, -0.1) is 0 Å².